The first-order valence-corrected chi connectivity index (χ1v) is 8.29. The molecule has 0 unspecified atom stereocenters. The number of nitriles is 1. The molecular formula is C20H17N5O2. The van der Waals surface area contributed by atoms with Gasteiger partial charge in [0.25, 0.3) is 5.91 Å². The lowest BCUT2D eigenvalue weighted by Gasteiger charge is -2.11. The van der Waals surface area contributed by atoms with Crippen molar-refractivity contribution in [3.8, 4) is 23.2 Å². The quantitative estimate of drug-likeness (QED) is 0.518. The second kappa shape index (κ2) is 7.97. The molecule has 1 aromatic heterocycles. The van der Waals surface area contributed by atoms with Crippen LogP contribution in [0.15, 0.2) is 60.9 Å². The number of aromatic nitrogens is 3. The van der Waals surface area contributed by atoms with E-state index in [4.69, 9.17) is 10.00 Å². The van der Waals surface area contributed by atoms with Crippen LogP contribution >= 0.6 is 0 Å². The van der Waals surface area contributed by atoms with Crippen LogP contribution in [-0.2, 0) is 11.2 Å². The number of ether oxygens (including phenoxy) is 1. The van der Waals surface area contributed by atoms with Gasteiger partial charge in [0.05, 0.1) is 17.3 Å². The molecule has 2 aromatic carbocycles. The van der Waals surface area contributed by atoms with E-state index >= 15 is 0 Å². The second-order valence-electron chi connectivity index (χ2n) is 5.62. The van der Waals surface area contributed by atoms with Crippen molar-refractivity contribution in [2.45, 2.75) is 13.3 Å². The van der Waals surface area contributed by atoms with Gasteiger partial charge in [-0.2, -0.15) is 10.4 Å². The number of anilines is 1. The van der Waals surface area contributed by atoms with Crippen LogP contribution in [0.1, 0.15) is 18.3 Å². The number of amides is 1. The summed E-state index contributed by atoms with van der Waals surface area (Å²) < 4.78 is 5.46. The van der Waals surface area contributed by atoms with E-state index in [9.17, 15) is 4.79 Å². The predicted molar refractivity (Wildman–Crippen MR) is 101 cm³/mol. The molecule has 0 radical (unpaired) electrons. The molecule has 3 aromatic rings. The molecule has 0 spiro atoms. The zero-order valence-corrected chi connectivity index (χ0v) is 14.7. The number of para-hydroxylation sites is 1. The van der Waals surface area contributed by atoms with Crippen molar-refractivity contribution < 1.29 is 9.53 Å². The fourth-order valence-corrected chi connectivity index (χ4v) is 2.34. The minimum Gasteiger partial charge on any atom is -0.452 e. The number of H-pyrrole nitrogens is 1. The van der Waals surface area contributed by atoms with Crippen molar-refractivity contribution in [2.24, 2.45) is 0 Å². The molecule has 0 fully saturated rings. The Labute approximate surface area is 156 Å². The number of aryl methyl sites for hydroxylation is 1. The minimum absolute atomic E-state index is 0.0706. The number of hydrogen-bond donors (Lipinski definition) is 2. The number of nitrogens with zero attached hydrogens (tertiary/aromatic N) is 3. The Morgan fingerprint density at radius 1 is 1.26 bits per heavy atom. The standard InChI is InChI=1S/C20H17N5O2/c1-3-18-23-19(25-24-18)16-6-4-5-7-17(16)22-20(26)13(2)27-15-10-8-14(12-21)9-11-15/h4-11H,2-3H2,1H3,(H,22,26)(H,23,24,25). The third-order valence-corrected chi connectivity index (χ3v) is 3.76. The average molecular weight is 359 g/mol. The van der Waals surface area contributed by atoms with Gasteiger partial charge in [0.1, 0.15) is 11.6 Å². The van der Waals surface area contributed by atoms with Gasteiger partial charge in [-0.15, -0.1) is 0 Å². The fraction of sp³-hybridized carbons (Fsp3) is 0.100. The van der Waals surface area contributed by atoms with Gasteiger partial charge in [-0.25, -0.2) is 4.98 Å². The summed E-state index contributed by atoms with van der Waals surface area (Å²) in [6.45, 7) is 5.65. The zero-order chi connectivity index (χ0) is 19.2. The number of rotatable bonds is 6. The molecule has 0 aliphatic carbocycles. The number of carbonyl (C=O) groups excluding carboxylic acids is 1. The summed E-state index contributed by atoms with van der Waals surface area (Å²) in [6.07, 6.45) is 0.733. The molecule has 27 heavy (non-hydrogen) atoms. The van der Waals surface area contributed by atoms with Crippen molar-refractivity contribution in [2.75, 3.05) is 5.32 Å². The Hall–Kier alpha value is -3.92. The van der Waals surface area contributed by atoms with Crippen LogP contribution < -0.4 is 10.1 Å². The number of benzene rings is 2. The van der Waals surface area contributed by atoms with Crippen molar-refractivity contribution in [1.29, 1.82) is 5.26 Å². The van der Waals surface area contributed by atoms with E-state index in [1.54, 1.807) is 36.4 Å². The first-order valence-electron chi connectivity index (χ1n) is 8.29. The molecule has 3 rings (SSSR count). The fourth-order valence-electron chi connectivity index (χ4n) is 2.34. The molecule has 7 nitrogen and oxygen atoms in total. The molecule has 0 saturated heterocycles. The number of aromatic amines is 1. The molecule has 0 atom stereocenters. The van der Waals surface area contributed by atoms with Crippen LogP contribution in [0.4, 0.5) is 5.69 Å². The maximum absolute atomic E-state index is 12.4. The van der Waals surface area contributed by atoms with Gasteiger partial charge in [0.15, 0.2) is 11.6 Å². The Morgan fingerprint density at radius 3 is 2.67 bits per heavy atom. The highest BCUT2D eigenvalue weighted by Gasteiger charge is 2.15. The molecule has 134 valence electrons. The highest BCUT2D eigenvalue weighted by molar-refractivity contribution is 6.04. The van der Waals surface area contributed by atoms with Gasteiger partial charge >= 0.3 is 0 Å². The van der Waals surface area contributed by atoms with Crippen LogP contribution in [0.25, 0.3) is 11.4 Å². The number of carbonyl (C=O) groups is 1. The summed E-state index contributed by atoms with van der Waals surface area (Å²) in [4.78, 5) is 16.8. The first-order chi connectivity index (χ1) is 13.1. The molecule has 2 N–H and O–H groups in total. The Bertz CT molecular complexity index is 1020. The molecule has 0 saturated carbocycles. The van der Waals surface area contributed by atoms with Crippen LogP contribution in [0.3, 0.4) is 0 Å². The maximum Gasteiger partial charge on any atom is 0.290 e. The monoisotopic (exact) mass is 359 g/mol. The Kier molecular flexibility index (Phi) is 5.28. The van der Waals surface area contributed by atoms with E-state index in [-0.39, 0.29) is 5.76 Å². The van der Waals surface area contributed by atoms with E-state index in [2.05, 4.69) is 27.1 Å². The van der Waals surface area contributed by atoms with Crippen LogP contribution in [0, 0.1) is 11.3 Å². The summed E-state index contributed by atoms with van der Waals surface area (Å²) in [6, 6.07) is 15.6. The van der Waals surface area contributed by atoms with E-state index in [1.807, 2.05) is 25.1 Å². The lowest BCUT2D eigenvalue weighted by molar-refractivity contribution is -0.114. The molecular weight excluding hydrogens is 342 g/mol. The van der Waals surface area contributed by atoms with Crippen molar-refractivity contribution in [3.05, 3.63) is 72.3 Å². The van der Waals surface area contributed by atoms with Crippen LogP contribution in [-0.4, -0.2) is 21.1 Å². The van der Waals surface area contributed by atoms with E-state index in [1.165, 1.54) is 0 Å². The van der Waals surface area contributed by atoms with Crippen molar-refractivity contribution in [1.82, 2.24) is 15.2 Å². The van der Waals surface area contributed by atoms with Crippen molar-refractivity contribution >= 4 is 11.6 Å². The molecule has 1 amide bonds. The molecule has 0 aliphatic rings. The summed E-state index contributed by atoms with van der Waals surface area (Å²) in [5.74, 6) is 1.13. The Morgan fingerprint density at radius 2 is 2.00 bits per heavy atom. The smallest absolute Gasteiger partial charge is 0.290 e. The van der Waals surface area contributed by atoms with Gasteiger partial charge < -0.3 is 10.1 Å². The Balaban J connectivity index is 1.73. The van der Waals surface area contributed by atoms with Crippen LogP contribution in [0.2, 0.25) is 0 Å². The summed E-state index contributed by atoms with van der Waals surface area (Å²) in [5, 5.41) is 18.6. The van der Waals surface area contributed by atoms with Gasteiger partial charge in [-0.1, -0.05) is 25.6 Å². The largest absolute Gasteiger partial charge is 0.452 e. The summed E-state index contributed by atoms with van der Waals surface area (Å²) in [5.41, 5.74) is 1.74. The highest BCUT2D eigenvalue weighted by atomic mass is 16.5. The topological polar surface area (TPSA) is 104 Å². The van der Waals surface area contributed by atoms with Gasteiger partial charge in [0, 0.05) is 12.0 Å². The first kappa shape index (κ1) is 17.9. The second-order valence-corrected chi connectivity index (χ2v) is 5.62. The maximum atomic E-state index is 12.4. The third kappa shape index (κ3) is 4.19. The molecule has 7 heteroatoms. The van der Waals surface area contributed by atoms with Gasteiger partial charge in [-0.05, 0) is 36.4 Å². The number of hydrogen-bond acceptors (Lipinski definition) is 5. The summed E-state index contributed by atoms with van der Waals surface area (Å²) in [7, 11) is 0. The average Bonchev–Trinajstić information content (AvgIpc) is 3.18. The molecule has 0 aliphatic heterocycles. The summed E-state index contributed by atoms with van der Waals surface area (Å²) >= 11 is 0. The normalized spacial score (nSPS) is 10.1. The lowest BCUT2D eigenvalue weighted by atomic mass is 10.1. The minimum atomic E-state index is -0.488. The molecule has 1 heterocycles. The van der Waals surface area contributed by atoms with Gasteiger partial charge in [-0.3, -0.25) is 9.89 Å². The third-order valence-electron chi connectivity index (χ3n) is 3.76. The number of nitrogens with one attached hydrogen (secondary N) is 2. The highest BCUT2D eigenvalue weighted by Crippen LogP contribution is 2.25. The molecule has 0 bridgehead atoms. The van der Waals surface area contributed by atoms with E-state index in [0.717, 1.165) is 12.2 Å². The van der Waals surface area contributed by atoms with Crippen LogP contribution in [0.5, 0.6) is 5.75 Å². The van der Waals surface area contributed by atoms with E-state index < -0.39 is 5.91 Å². The van der Waals surface area contributed by atoms with Crippen molar-refractivity contribution in [3.63, 3.8) is 0 Å². The zero-order valence-electron chi connectivity index (χ0n) is 14.7. The SMILES string of the molecule is C=C(Oc1ccc(C#N)cc1)C(=O)Nc1ccccc1-c1n[nH]c(CC)n1. The lowest BCUT2D eigenvalue weighted by Crippen LogP contribution is -2.18. The van der Waals surface area contributed by atoms with Gasteiger partial charge in [0.2, 0.25) is 0 Å². The predicted octanol–water partition coefficient (Wildman–Crippen LogP) is 3.44. The van der Waals surface area contributed by atoms with E-state index in [0.29, 0.717) is 28.4 Å².